The Kier molecular flexibility index (Phi) is 3.12. The second kappa shape index (κ2) is 5.41. The average Bonchev–Trinajstić information content (AvgIpc) is 3.03. The van der Waals surface area contributed by atoms with Crippen molar-refractivity contribution in [1.82, 2.24) is 14.0 Å². The molecule has 5 nitrogen and oxygen atoms in total. The number of halogens is 1. The van der Waals surface area contributed by atoms with Gasteiger partial charge in [0.05, 0.1) is 11.9 Å². The van der Waals surface area contributed by atoms with Gasteiger partial charge in [-0.2, -0.15) is 0 Å². The Hall–Kier alpha value is -3.67. The molecular weight excluding hydrogens is 345 g/mol. The van der Waals surface area contributed by atoms with Crippen molar-refractivity contribution in [3.05, 3.63) is 82.5 Å². The lowest BCUT2D eigenvalue weighted by Gasteiger charge is -2.12. The molecule has 6 heteroatoms. The van der Waals surface area contributed by atoms with Crippen LogP contribution in [0, 0.1) is 12.7 Å². The van der Waals surface area contributed by atoms with E-state index in [0.717, 1.165) is 0 Å². The Morgan fingerprint density at radius 3 is 2.59 bits per heavy atom. The SMILES string of the molecule is Cc1ccc(-n2c(=O)c3ccccc3c3nc4ccc(O)cn4c32)cc1F. The number of hydrogen-bond donors (Lipinski definition) is 1. The normalized spacial score (nSPS) is 11.6. The Balaban J connectivity index is 2.08. The highest BCUT2D eigenvalue weighted by atomic mass is 19.1. The van der Waals surface area contributed by atoms with E-state index < -0.39 is 5.82 Å². The number of imidazole rings is 1. The Morgan fingerprint density at radius 2 is 1.81 bits per heavy atom. The van der Waals surface area contributed by atoms with E-state index >= 15 is 0 Å². The molecule has 3 aromatic heterocycles. The molecule has 0 unspecified atom stereocenters. The van der Waals surface area contributed by atoms with E-state index in [1.807, 2.05) is 12.1 Å². The number of benzene rings is 2. The van der Waals surface area contributed by atoms with Crippen LogP contribution in [-0.4, -0.2) is 19.1 Å². The van der Waals surface area contributed by atoms with E-state index in [9.17, 15) is 14.3 Å². The topological polar surface area (TPSA) is 59.5 Å². The van der Waals surface area contributed by atoms with Crippen molar-refractivity contribution >= 4 is 27.6 Å². The molecule has 0 spiro atoms. The summed E-state index contributed by atoms with van der Waals surface area (Å²) in [5.74, 6) is -0.346. The molecule has 0 amide bonds. The van der Waals surface area contributed by atoms with Crippen molar-refractivity contribution in [1.29, 1.82) is 0 Å². The van der Waals surface area contributed by atoms with Crippen LogP contribution in [0.4, 0.5) is 4.39 Å². The monoisotopic (exact) mass is 359 g/mol. The van der Waals surface area contributed by atoms with E-state index in [0.29, 0.717) is 38.8 Å². The van der Waals surface area contributed by atoms with Gasteiger partial charge in [-0.25, -0.2) is 9.37 Å². The average molecular weight is 359 g/mol. The third-order valence-corrected chi connectivity index (χ3v) is 4.82. The van der Waals surface area contributed by atoms with Crippen LogP contribution >= 0.6 is 0 Å². The maximum absolute atomic E-state index is 14.2. The molecule has 3 heterocycles. The second-order valence-electron chi connectivity index (χ2n) is 6.52. The summed E-state index contributed by atoms with van der Waals surface area (Å²) >= 11 is 0. The van der Waals surface area contributed by atoms with Gasteiger partial charge in [-0.3, -0.25) is 13.8 Å². The van der Waals surface area contributed by atoms with E-state index in [4.69, 9.17) is 0 Å². The standard InChI is InChI=1S/C21H14FN3O2/c1-12-6-7-13(10-17(12)22)25-20-19(15-4-2-3-5-16(15)21(25)27)23-18-9-8-14(26)11-24(18)20/h2-11,26H,1H3. The number of aryl methyl sites for hydroxylation is 1. The first kappa shape index (κ1) is 15.6. The summed E-state index contributed by atoms with van der Waals surface area (Å²) in [5, 5.41) is 11.1. The number of pyridine rings is 2. The van der Waals surface area contributed by atoms with E-state index in [-0.39, 0.29) is 11.3 Å². The first-order chi connectivity index (χ1) is 13.0. The third kappa shape index (κ3) is 2.16. The zero-order valence-electron chi connectivity index (χ0n) is 14.3. The van der Waals surface area contributed by atoms with Crippen LogP contribution < -0.4 is 5.56 Å². The predicted molar refractivity (Wildman–Crippen MR) is 102 cm³/mol. The molecule has 0 saturated carbocycles. The first-order valence-electron chi connectivity index (χ1n) is 8.45. The van der Waals surface area contributed by atoms with Gasteiger partial charge in [0.15, 0.2) is 5.65 Å². The van der Waals surface area contributed by atoms with Crippen LogP contribution in [0.25, 0.3) is 33.3 Å². The number of nitrogens with zero attached hydrogens (tertiary/aromatic N) is 3. The van der Waals surface area contributed by atoms with Gasteiger partial charge in [0, 0.05) is 10.8 Å². The molecule has 0 aliphatic carbocycles. The van der Waals surface area contributed by atoms with Gasteiger partial charge in [0.1, 0.15) is 22.7 Å². The molecule has 27 heavy (non-hydrogen) atoms. The molecule has 5 aromatic rings. The number of aromatic nitrogens is 3. The Morgan fingerprint density at radius 1 is 1.04 bits per heavy atom. The molecule has 0 fully saturated rings. The molecule has 0 saturated heterocycles. The summed E-state index contributed by atoms with van der Waals surface area (Å²) in [4.78, 5) is 18.0. The number of hydrogen-bond acceptors (Lipinski definition) is 3. The van der Waals surface area contributed by atoms with Crippen molar-refractivity contribution < 1.29 is 9.50 Å². The lowest BCUT2D eigenvalue weighted by Crippen LogP contribution is -2.20. The lowest BCUT2D eigenvalue weighted by atomic mass is 10.1. The van der Waals surface area contributed by atoms with Crippen LogP contribution in [0.1, 0.15) is 5.56 Å². The first-order valence-corrected chi connectivity index (χ1v) is 8.45. The molecule has 0 atom stereocenters. The predicted octanol–water partition coefficient (Wildman–Crippen LogP) is 3.94. The summed E-state index contributed by atoms with van der Waals surface area (Å²) in [5.41, 5.74) is 2.31. The number of aromatic hydroxyl groups is 1. The summed E-state index contributed by atoms with van der Waals surface area (Å²) in [6.45, 7) is 1.67. The van der Waals surface area contributed by atoms with Crippen LogP contribution in [0.2, 0.25) is 0 Å². The minimum absolute atomic E-state index is 0.0454. The molecule has 0 aliphatic heterocycles. The van der Waals surface area contributed by atoms with E-state index in [1.165, 1.54) is 22.9 Å². The molecule has 132 valence electrons. The van der Waals surface area contributed by atoms with Gasteiger partial charge >= 0.3 is 0 Å². The maximum Gasteiger partial charge on any atom is 0.264 e. The van der Waals surface area contributed by atoms with Gasteiger partial charge < -0.3 is 5.11 Å². The smallest absolute Gasteiger partial charge is 0.264 e. The Labute approximate surface area is 152 Å². The molecule has 1 N–H and O–H groups in total. The van der Waals surface area contributed by atoms with E-state index in [1.54, 1.807) is 41.7 Å². The van der Waals surface area contributed by atoms with Gasteiger partial charge in [0.2, 0.25) is 0 Å². The van der Waals surface area contributed by atoms with Crippen molar-refractivity contribution in [3.63, 3.8) is 0 Å². The zero-order valence-corrected chi connectivity index (χ0v) is 14.3. The maximum atomic E-state index is 14.2. The fourth-order valence-electron chi connectivity index (χ4n) is 3.47. The summed E-state index contributed by atoms with van der Waals surface area (Å²) in [6, 6.07) is 15.1. The van der Waals surface area contributed by atoms with Crippen LogP contribution in [0.15, 0.2) is 65.6 Å². The molecular formula is C21H14FN3O2. The molecule has 2 aromatic carbocycles. The fourth-order valence-corrected chi connectivity index (χ4v) is 3.47. The highest BCUT2D eigenvalue weighted by Gasteiger charge is 2.18. The third-order valence-electron chi connectivity index (χ3n) is 4.82. The lowest BCUT2D eigenvalue weighted by molar-refractivity contribution is 0.472. The largest absolute Gasteiger partial charge is 0.506 e. The quantitative estimate of drug-likeness (QED) is 0.493. The van der Waals surface area contributed by atoms with Crippen LogP contribution in [0.5, 0.6) is 5.75 Å². The van der Waals surface area contributed by atoms with E-state index in [2.05, 4.69) is 4.98 Å². The highest BCUT2D eigenvalue weighted by Crippen LogP contribution is 2.27. The fraction of sp³-hybridized carbons (Fsp3) is 0.0476. The van der Waals surface area contributed by atoms with Crippen molar-refractivity contribution in [2.24, 2.45) is 0 Å². The van der Waals surface area contributed by atoms with Gasteiger partial charge in [-0.05, 0) is 42.8 Å². The number of fused-ring (bicyclic) bond motifs is 5. The summed E-state index contributed by atoms with van der Waals surface area (Å²) in [6.07, 6.45) is 1.50. The van der Waals surface area contributed by atoms with Gasteiger partial charge in [-0.15, -0.1) is 0 Å². The highest BCUT2D eigenvalue weighted by molar-refractivity contribution is 6.04. The molecule has 5 rings (SSSR count). The minimum Gasteiger partial charge on any atom is -0.506 e. The summed E-state index contributed by atoms with van der Waals surface area (Å²) in [7, 11) is 0. The minimum atomic E-state index is -0.391. The van der Waals surface area contributed by atoms with Crippen LogP contribution in [0.3, 0.4) is 0 Å². The summed E-state index contributed by atoms with van der Waals surface area (Å²) < 4.78 is 17.3. The molecule has 0 radical (unpaired) electrons. The number of rotatable bonds is 1. The molecule has 0 aliphatic rings. The van der Waals surface area contributed by atoms with Gasteiger partial charge in [0.25, 0.3) is 5.56 Å². The van der Waals surface area contributed by atoms with Crippen molar-refractivity contribution in [2.75, 3.05) is 0 Å². The molecule has 0 bridgehead atoms. The van der Waals surface area contributed by atoms with Crippen molar-refractivity contribution in [3.8, 4) is 11.4 Å². The van der Waals surface area contributed by atoms with Gasteiger partial charge in [-0.1, -0.05) is 24.3 Å². The zero-order chi connectivity index (χ0) is 18.7. The Bertz CT molecular complexity index is 1430. The van der Waals surface area contributed by atoms with Crippen LogP contribution in [-0.2, 0) is 0 Å². The van der Waals surface area contributed by atoms with Crippen molar-refractivity contribution in [2.45, 2.75) is 6.92 Å². The second-order valence-corrected chi connectivity index (χ2v) is 6.52.